The number of rotatable bonds is 2. The molecule has 2 atom stereocenters. The summed E-state index contributed by atoms with van der Waals surface area (Å²) in [5.41, 5.74) is 5.82. The summed E-state index contributed by atoms with van der Waals surface area (Å²) < 4.78 is 5.57. The SMILES string of the molecule is N[C@H]1CCN(CC2CCCO2)C1. The van der Waals surface area contributed by atoms with E-state index in [1.165, 1.54) is 19.4 Å². The van der Waals surface area contributed by atoms with E-state index < -0.39 is 0 Å². The highest BCUT2D eigenvalue weighted by Crippen LogP contribution is 2.15. The lowest BCUT2D eigenvalue weighted by Gasteiger charge is -2.19. The number of nitrogens with two attached hydrogens (primary N) is 1. The van der Waals surface area contributed by atoms with E-state index in [0.717, 1.165) is 26.1 Å². The molecule has 2 saturated heterocycles. The maximum Gasteiger partial charge on any atom is 0.0702 e. The molecule has 0 saturated carbocycles. The van der Waals surface area contributed by atoms with Crippen LogP contribution in [-0.4, -0.2) is 43.3 Å². The zero-order valence-electron chi connectivity index (χ0n) is 7.54. The number of likely N-dealkylation sites (tertiary alicyclic amines) is 1. The van der Waals surface area contributed by atoms with Crippen molar-refractivity contribution in [2.24, 2.45) is 5.73 Å². The van der Waals surface area contributed by atoms with Gasteiger partial charge in [-0.1, -0.05) is 0 Å². The van der Waals surface area contributed by atoms with Crippen molar-refractivity contribution in [2.45, 2.75) is 31.4 Å². The lowest BCUT2D eigenvalue weighted by Crippen LogP contribution is -2.32. The topological polar surface area (TPSA) is 38.5 Å². The van der Waals surface area contributed by atoms with Crippen molar-refractivity contribution < 1.29 is 4.74 Å². The van der Waals surface area contributed by atoms with Crippen LogP contribution in [-0.2, 0) is 4.74 Å². The molecule has 2 heterocycles. The summed E-state index contributed by atoms with van der Waals surface area (Å²) in [5, 5.41) is 0. The van der Waals surface area contributed by atoms with Gasteiger partial charge in [0.1, 0.15) is 0 Å². The molecular formula is C9H18N2O. The number of hydrogen-bond acceptors (Lipinski definition) is 3. The summed E-state index contributed by atoms with van der Waals surface area (Å²) in [4.78, 5) is 2.43. The van der Waals surface area contributed by atoms with Gasteiger partial charge in [0, 0.05) is 25.7 Å². The Morgan fingerprint density at radius 2 is 2.33 bits per heavy atom. The summed E-state index contributed by atoms with van der Waals surface area (Å²) in [5.74, 6) is 0. The minimum absolute atomic E-state index is 0.409. The molecule has 0 spiro atoms. The minimum Gasteiger partial charge on any atom is -0.377 e. The van der Waals surface area contributed by atoms with Crippen LogP contribution in [0.2, 0.25) is 0 Å². The second-order valence-electron chi connectivity index (χ2n) is 3.94. The molecule has 3 heteroatoms. The van der Waals surface area contributed by atoms with Gasteiger partial charge in [-0.15, -0.1) is 0 Å². The van der Waals surface area contributed by atoms with Gasteiger partial charge < -0.3 is 10.5 Å². The van der Waals surface area contributed by atoms with Gasteiger partial charge >= 0.3 is 0 Å². The number of ether oxygens (including phenoxy) is 1. The van der Waals surface area contributed by atoms with E-state index in [9.17, 15) is 0 Å². The highest BCUT2D eigenvalue weighted by atomic mass is 16.5. The average Bonchev–Trinajstić information content (AvgIpc) is 2.63. The van der Waals surface area contributed by atoms with E-state index in [1.807, 2.05) is 0 Å². The molecule has 3 nitrogen and oxygen atoms in total. The second-order valence-corrected chi connectivity index (χ2v) is 3.94. The van der Waals surface area contributed by atoms with Gasteiger partial charge in [-0.05, 0) is 25.8 Å². The van der Waals surface area contributed by atoms with Crippen LogP contribution in [0.3, 0.4) is 0 Å². The minimum atomic E-state index is 0.409. The number of hydrogen-bond donors (Lipinski definition) is 1. The van der Waals surface area contributed by atoms with Gasteiger partial charge in [0.15, 0.2) is 0 Å². The molecule has 2 fully saturated rings. The van der Waals surface area contributed by atoms with E-state index >= 15 is 0 Å². The molecule has 12 heavy (non-hydrogen) atoms. The second kappa shape index (κ2) is 3.73. The van der Waals surface area contributed by atoms with Crippen molar-refractivity contribution in [3.8, 4) is 0 Å². The highest BCUT2D eigenvalue weighted by Gasteiger charge is 2.24. The van der Waals surface area contributed by atoms with Gasteiger partial charge in [-0.25, -0.2) is 0 Å². The molecule has 1 unspecified atom stereocenters. The number of nitrogens with zero attached hydrogens (tertiary/aromatic N) is 1. The van der Waals surface area contributed by atoms with Crippen LogP contribution < -0.4 is 5.73 Å². The molecule has 0 radical (unpaired) electrons. The molecule has 0 aromatic heterocycles. The Bertz CT molecular complexity index is 145. The Kier molecular flexibility index (Phi) is 2.63. The van der Waals surface area contributed by atoms with Crippen molar-refractivity contribution in [1.82, 2.24) is 4.90 Å². The molecule has 0 bridgehead atoms. The summed E-state index contributed by atoms with van der Waals surface area (Å²) >= 11 is 0. The maximum absolute atomic E-state index is 5.82. The van der Waals surface area contributed by atoms with Crippen molar-refractivity contribution >= 4 is 0 Å². The van der Waals surface area contributed by atoms with Gasteiger partial charge in [-0.2, -0.15) is 0 Å². The van der Waals surface area contributed by atoms with Crippen molar-refractivity contribution in [2.75, 3.05) is 26.2 Å². The largest absolute Gasteiger partial charge is 0.377 e. The fourth-order valence-electron chi connectivity index (χ4n) is 2.10. The first kappa shape index (κ1) is 8.48. The lowest BCUT2D eigenvalue weighted by molar-refractivity contribution is 0.0804. The fraction of sp³-hybridized carbons (Fsp3) is 1.00. The maximum atomic E-state index is 5.82. The normalized spacial score (nSPS) is 37.8. The van der Waals surface area contributed by atoms with Gasteiger partial charge in [-0.3, -0.25) is 4.90 Å². The van der Waals surface area contributed by atoms with Crippen LogP contribution in [0.5, 0.6) is 0 Å². The van der Waals surface area contributed by atoms with E-state index in [4.69, 9.17) is 10.5 Å². The molecule has 70 valence electrons. The Labute approximate surface area is 73.9 Å². The van der Waals surface area contributed by atoms with Crippen molar-refractivity contribution in [3.63, 3.8) is 0 Å². The summed E-state index contributed by atoms with van der Waals surface area (Å²) in [6.45, 7) is 4.30. The molecule has 0 amide bonds. The highest BCUT2D eigenvalue weighted by molar-refractivity contribution is 4.80. The third kappa shape index (κ3) is 1.97. The summed E-state index contributed by atoms with van der Waals surface area (Å²) in [6.07, 6.45) is 4.14. The Morgan fingerprint density at radius 3 is 2.92 bits per heavy atom. The molecule has 0 aromatic rings. The lowest BCUT2D eigenvalue weighted by atomic mass is 10.2. The first-order chi connectivity index (χ1) is 5.84. The van der Waals surface area contributed by atoms with E-state index in [2.05, 4.69) is 4.90 Å². The van der Waals surface area contributed by atoms with Crippen molar-refractivity contribution in [3.05, 3.63) is 0 Å². The van der Waals surface area contributed by atoms with Crippen LogP contribution in [0, 0.1) is 0 Å². The predicted molar refractivity (Wildman–Crippen MR) is 48.0 cm³/mol. The molecule has 2 aliphatic rings. The van der Waals surface area contributed by atoms with Gasteiger partial charge in [0.2, 0.25) is 0 Å². The van der Waals surface area contributed by atoms with E-state index in [-0.39, 0.29) is 0 Å². The predicted octanol–water partition coefficient (Wildman–Crippen LogP) is 0.198. The third-order valence-electron chi connectivity index (χ3n) is 2.79. The molecule has 2 aliphatic heterocycles. The molecule has 2 N–H and O–H groups in total. The Morgan fingerprint density at radius 1 is 1.42 bits per heavy atom. The smallest absolute Gasteiger partial charge is 0.0702 e. The molecule has 0 aromatic carbocycles. The summed E-state index contributed by atoms with van der Waals surface area (Å²) in [6, 6.07) is 0.409. The zero-order valence-corrected chi connectivity index (χ0v) is 7.54. The molecule has 0 aliphatic carbocycles. The molecule has 2 rings (SSSR count). The quantitative estimate of drug-likeness (QED) is 0.643. The van der Waals surface area contributed by atoms with Crippen LogP contribution in [0.25, 0.3) is 0 Å². The summed E-state index contributed by atoms with van der Waals surface area (Å²) in [7, 11) is 0. The average molecular weight is 170 g/mol. The van der Waals surface area contributed by atoms with Gasteiger partial charge in [0.25, 0.3) is 0 Å². The van der Waals surface area contributed by atoms with Crippen LogP contribution in [0.15, 0.2) is 0 Å². The van der Waals surface area contributed by atoms with Crippen LogP contribution in [0.4, 0.5) is 0 Å². The zero-order chi connectivity index (χ0) is 8.39. The third-order valence-corrected chi connectivity index (χ3v) is 2.79. The fourth-order valence-corrected chi connectivity index (χ4v) is 2.10. The Hall–Kier alpha value is -0.120. The standard InChI is InChI=1S/C9H18N2O/c10-8-3-4-11(6-8)7-9-2-1-5-12-9/h8-9H,1-7,10H2/t8-,9?/m0/s1. The van der Waals surface area contributed by atoms with E-state index in [1.54, 1.807) is 0 Å². The van der Waals surface area contributed by atoms with Gasteiger partial charge in [0.05, 0.1) is 6.10 Å². The first-order valence-electron chi connectivity index (χ1n) is 4.94. The first-order valence-corrected chi connectivity index (χ1v) is 4.94. The molecular weight excluding hydrogens is 152 g/mol. The van der Waals surface area contributed by atoms with Crippen LogP contribution in [0.1, 0.15) is 19.3 Å². The monoisotopic (exact) mass is 170 g/mol. The van der Waals surface area contributed by atoms with Crippen LogP contribution >= 0.6 is 0 Å². The Balaban J connectivity index is 1.72. The van der Waals surface area contributed by atoms with E-state index in [0.29, 0.717) is 12.1 Å². The van der Waals surface area contributed by atoms with Crippen molar-refractivity contribution in [1.29, 1.82) is 0 Å².